The van der Waals surface area contributed by atoms with Crippen LogP contribution in [0.5, 0.6) is 0 Å². The van der Waals surface area contributed by atoms with Gasteiger partial charge in [0, 0.05) is 12.5 Å². The summed E-state index contributed by atoms with van der Waals surface area (Å²) in [6.07, 6.45) is -0.238. The largest absolute Gasteiger partial charge is 0.481 e. The summed E-state index contributed by atoms with van der Waals surface area (Å²) >= 11 is 0. The summed E-state index contributed by atoms with van der Waals surface area (Å²) in [4.78, 5) is 23.8. The van der Waals surface area contributed by atoms with E-state index in [2.05, 4.69) is 29.6 Å². The number of hydrogen-bond acceptors (Lipinski definition) is 3. The number of rotatable bonds is 7. The molecule has 3 aromatic rings. The number of hydrogen-bond donors (Lipinski definition) is 2. The molecule has 4 rings (SSSR count). The number of ether oxygens (including phenoxy) is 1. The number of nitrogens with one attached hydrogen (secondary N) is 1. The van der Waals surface area contributed by atoms with Gasteiger partial charge in [-0.1, -0.05) is 78.9 Å². The molecule has 0 saturated heterocycles. The molecule has 0 saturated carbocycles. The van der Waals surface area contributed by atoms with Crippen LogP contribution >= 0.6 is 0 Å². The first-order chi connectivity index (χ1) is 14.6. The van der Waals surface area contributed by atoms with E-state index in [9.17, 15) is 14.7 Å². The van der Waals surface area contributed by atoms with Gasteiger partial charge in [0.2, 0.25) is 0 Å². The normalized spacial score (nSPS) is 13.2. The number of carboxylic acid groups (broad SMARTS) is 1. The van der Waals surface area contributed by atoms with Crippen LogP contribution in [0.3, 0.4) is 0 Å². The molecule has 152 valence electrons. The predicted molar refractivity (Wildman–Crippen MR) is 115 cm³/mol. The van der Waals surface area contributed by atoms with E-state index in [-0.39, 0.29) is 19.1 Å². The highest BCUT2D eigenvalue weighted by Gasteiger charge is 2.29. The number of alkyl carbamates (subject to hydrolysis) is 1. The quantitative estimate of drug-likeness (QED) is 0.597. The van der Waals surface area contributed by atoms with Crippen molar-refractivity contribution in [1.82, 2.24) is 5.32 Å². The van der Waals surface area contributed by atoms with Gasteiger partial charge in [0.05, 0.1) is 5.92 Å². The van der Waals surface area contributed by atoms with E-state index in [4.69, 9.17) is 4.74 Å². The van der Waals surface area contributed by atoms with Crippen molar-refractivity contribution in [2.75, 3.05) is 13.2 Å². The zero-order valence-corrected chi connectivity index (χ0v) is 16.5. The molecule has 5 heteroatoms. The molecule has 0 aromatic heterocycles. The molecule has 1 unspecified atom stereocenters. The van der Waals surface area contributed by atoms with Crippen molar-refractivity contribution < 1.29 is 19.4 Å². The number of carbonyl (C=O) groups excluding carboxylic acids is 1. The van der Waals surface area contributed by atoms with E-state index in [1.54, 1.807) is 12.1 Å². The maximum absolute atomic E-state index is 12.2. The third-order valence-corrected chi connectivity index (χ3v) is 5.55. The summed E-state index contributed by atoms with van der Waals surface area (Å²) in [5.41, 5.74) is 5.38. The van der Waals surface area contributed by atoms with Gasteiger partial charge in [-0.05, 0) is 34.2 Å². The van der Waals surface area contributed by atoms with Crippen LogP contribution in [0.15, 0.2) is 78.9 Å². The van der Waals surface area contributed by atoms with Gasteiger partial charge in [-0.15, -0.1) is 0 Å². The molecule has 0 fully saturated rings. The molecular formula is C25H23NO4. The zero-order valence-electron chi connectivity index (χ0n) is 16.5. The summed E-state index contributed by atoms with van der Waals surface area (Å²) < 4.78 is 5.49. The van der Waals surface area contributed by atoms with Gasteiger partial charge in [0.1, 0.15) is 6.61 Å². The highest BCUT2D eigenvalue weighted by molar-refractivity contribution is 5.79. The van der Waals surface area contributed by atoms with Crippen molar-refractivity contribution in [3.05, 3.63) is 95.6 Å². The first kappa shape index (κ1) is 19.7. The first-order valence-corrected chi connectivity index (χ1v) is 10.0. The summed E-state index contributed by atoms with van der Waals surface area (Å²) in [5, 5.41) is 12.2. The third-order valence-electron chi connectivity index (χ3n) is 5.55. The zero-order chi connectivity index (χ0) is 20.9. The fraction of sp³-hybridized carbons (Fsp3) is 0.200. The van der Waals surface area contributed by atoms with Crippen LogP contribution in [0.25, 0.3) is 11.1 Å². The summed E-state index contributed by atoms with van der Waals surface area (Å²) in [5.74, 6) is -1.57. The summed E-state index contributed by atoms with van der Waals surface area (Å²) in [6.45, 7) is 0.462. The molecule has 30 heavy (non-hydrogen) atoms. The molecule has 0 radical (unpaired) electrons. The van der Waals surface area contributed by atoms with Gasteiger partial charge in [-0.25, -0.2) is 4.79 Å². The van der Waals surface area contributed by atoms with Crippen molar-refractivity contribution in [3.8, 4) is 11.1 Å². The van der Waals surface area contributed by atoms with Gasteiger partial charge in [-0.2, -0.15) is 0 Å². The van der Waals surface area contributed by atoms with Crippen molar-refractivity contribution in [2.24, 2.45) is 0 Å². The van der Waals surface area contributed by atoms with Crippen LogP contribution in [-0.2, 0) is 9.53 Å². The highest BCUT2D eigenvalue weighted by atomic mass is 16.5. The number of amides is 1. The molecule has 3 aromatic carbocycles. The average Bonchev–Trinajstić information content (AvgIpc) is 3.09. The Labute approximate surface area is 175 Å². The minimum absolute atomic E-state index is 0.000707. The minimum atomic E-state index is -0.907. The molecule has 0 bridgehead atoms. The summed E-state index contributed by atoms with van der Waals surface area (Å²) in [7, 11) is 0. The second-order valence-electron chi connectivity index (χ2n) is 7.34. The van der Waals surface area contributed by atoms with Crippen LogP contribution in [-0.4, -0.2) is 30.3 Å². The lowest BCUT2D eigenvalue weighted by Gasteiger charge is -2.16. The Bertz CT molecular complexity index is 1000. The Morgan fingerprint density at radius 3 is 2.03 bits per heavy atom. The van der Waals surface area contributed by atoms with Crippen LogP contribution in [0.2, 0.25) is 0 Å². The lowest BCUT2D eigenvalue weighted by molar-refractivity contribution is -0.138. The Kier molecular flexibility index (Phi) is 5.80. The van der Waals surface area contributed by atoms with E-state index in [0.717, 1.165) is 16.7 Å². The molecule has 5 nitrogen and oxygen atoms in total. The minimum Gasteiger partial charge on any atom is -0.481 e. The standard InChI is InChI=1S/C25H23NO4/c27-24(28)18(17-8-2-1-3-9-17)14-15-26-25(29)30-16-23-21-12-6-4-10-19(21)20-11-5-7-13-22(20)23/h1-13,18,23H,14-16H2,(H,26,29)(H,27,28). The second kappa shape index (κ2) is 8.82. The molecule has 2 N–H and O–H groups in total. The van der Waals surface area contributed by atoms with Gasteiger partial charge >= 0.3 is 12.1 Å². The molecule has 0 aliphatic heterocycles. The van der Waals surface area contributed by atoms with E-state index in [1.807, 2.05) is 42.5 Å². The Morgan fingerprint density at radius 1 is 0.867 bits per heavy atom. The lowest BCUT2D eigenvalue weighted by atomic mass is 9.96. The molecular weight excluding hydrogens is 378 g/mol. The number of fused-ring (bicyclic) bond motifs is 3. The Balaban J connectivity index is 1.34. The van der Waals surface area contributed by atoms with Gasteiger partial charge in [0.15, 0.2) is 0 Å². The second-order valence-corrected chi connectivity index (χ2v) is 7.34. The predicted octanol–water partition coefficient (Wildman–Crippen LogP) is 4.78. The van der Waals surface area contributed by atoms with E-state index >= 15 is 0 Å². The van der Waals surface area contributed by atoms with Crippen LogP contribution in [0.4, 0.5) is 4.79 Å². The fourth-order valence-corrected chi connectivity index (χ4v) is 4.09. The van der Waals surface area contributed by atoms with Gasteiger partial charge in [-0.3, -0.25) is 4.79 Å². The van der Waals surface area contributed by atoms with Crippen molar-refractivity contribution in [3.63, 3.8) is 0 Å². The number of benzene rings is 3. The average molecular weight is 401 g/mol. The van der Waals surface area contributed by atoms with Crippen molar-refractivity contribution >= 4 is 12.1 Å². The fourth-order valence-electron chi connectivity index (χ4n) is 4.09. The topological polar surface area (TPSA) is 75.6 Å². The van der Waals surface area contributed by atoms with Crippen molar-refractivity contribution in [2.45, 2.75) is 18.3 Å². The lowest BCUT2D eigenvalue weighted by Crippen LogP contribution is -2.29. The molecule has 1 aliphatic carbocycles. The highest BCUT2D eigenvalue weighted by Crippen LogP contribution is 2.44. The Hall–Kier alpha value is -3.60. The number of carbonyl (C=O) groups is 2. The Morgan fingerprint density at radius 2 is 1.43 bits per heavy atom. The van der Waals surface area contributed by atoms with Crippen molar-refractivity contribution in [1.29, 1.82) is 0 Å². The third kappa shape index (κ3) is 4.06. The van der Waals surface area contributed by atoms with Gasteiger partial charge < -0.3 is 15.2 Å². The molecule has 1 atom stereocenters. The van der Waals surface area contributed by atoms with Crippen LogP contribution in [0.1, 0.15) is 34.9 Å². The van der Waals surface area contributed by atoms with Gasteiger partial charge in [0.25, 0.3) is 0 Å². The number of aliphatic carboxylic acids is 1. The maximum Gasteiger partial charge on any atom is 0.407 e. The maximum atomic E-state index is 12.2. The summed E-state index contributed by atoms with van der Waals surface area (Å²) in [6, 6.07) is 25.4. The van der Waals surface area contributed by atoms with E-state index in [1.165, 1.54) is 11.1 Å². The van der Waals surface area contributed by atoms with E-state index < -0.39 is 18.0 Å². The number of carboxylic acids is 1. The monoisotopic (exact) mass is 401 g/mol. The molecule has 1 amide bonds. The molecule has 0 heterocycles. The molecule has 0 spiro atoms. The smallest absolute Gasteiger partial charge is 0.407 e. The molecule has 1 aliphatic rings. The first-order valence-electron chi connectivity index (χ1n) is 10.0. The SMILES string of the molecule is O=C(NCCC(C(=O)O)c1ccccc1)OCC1c2ccccc2-c2ccccc21. The van der Waals surface area contributed by atoms with E-state index in [0.29, 0.717) is 6.42 Å². The van der Waals surface area contributed by atoms with Crippen LogP contribution in [0, 0.1) is 0 Å². The van der Waals surface area contributed by atoms with Crippen LogP contribution < -0.4 is 5.32 Å².